The zero-order valence-electron chi connectivity index (χ0n) is 9.60. The van der Waals surface area contributed by atoms with Crippen molar-refractivity contribution in [3.63, 3.8) is 0 Å². The van der Waals surface area contributed by atoms with Gasteiger partial charge in [-0.25, -0.2) is 9.18 Å². The number of nitrogens with zero attached hydrogens (tertiary/aromatic N) is 2. The van der Waals surface area contributed by atoms with Crippen molar-refractivity contribution in [3.8, 4) is 6.07 Å². The van der Waals surface area contributed by atoms with Crippen LogP contribution in [-0.4, -0.2) is 36.7 Å². The summed E-state index contributed by atoms with van der Waals surface area (Å²) in [5.74, 6) is -0.412. The molecule has 1 aromatic carbocycles. The molecular formula is C12H12FN3O2. The summed E-state index contributed by atoms with van der Waals surface area (Å²) < 4.78 is 18.1. The van der Waals surface area contributed by atoms with E-state index < -0.39 is 11.9 Å². The summed E-state index contributed by atoms with van der Waals surface area (Å²) in [5.41, 5.74) is 0.389. The van der Waals surface area contributed by atoms with Crippen LogP contribution in [-0.2, 0) is 4.74 Å². The van der Waals surface area contributed by atoms with Crippen molar-refractivity contribution in [2.75, 3.05) is 25.0 Å². The van der Waals surface area contributed by atoms with Gasteiger partial charge in [0, 0.05) is 12.2 Å². The number of hydrogen-bond donors (Lipinski definition) is 1. The van der Waals surface area contributed by atoms with E-state index in [2.05, 4.69) is 5.32 Å². The van der Waals surface area contributed by atoms with E-state index in [1.54, 1.807) is 6.07 Å². The number of nitrogens with one attached hydrogen (secondary N) is 1. The molecule has 1 heterocycles. The molecule has 1 N–H and O–H groups in total. The molecule has 0 aromatic heterocycles. The van der Waals surface area contributed by atoms with Crippen molar-refractivity contribution < 1.29 is 13.9 Å². The van der Waals surface area contributed by atoms with Crippen LogP contribution >= 0.6 is 0 Å². The van der Waals surface area contributed by atoms with Crippen molar-refractivity contribution >= 4 is 11.7 Å². The lowest BCUT2D eigenvalue weighted by Gasteiger charge is -2.29. The summed E-state index contributed by atoms with van der Waals surface area (Å²) in [6.07, 6.45) is -0.600. The zero-order chi connectivity index (χ0) is 13.0. The lowest BCUT2D eigenvalue weighted by Crippen LogP contribution is -2.46. The maximum atomic E-state index is 12.9. The van der Waals surface area contributed by atoms with Gasteiger partial charge in [0.25, 0.3) is 0 Å². The van der Waals surface area contributed by atoms with Gasteiger partial charge in [0.2, 0.25) is 0 Å². The van der Waals surface area contributed by atoms with E-state index in [9.17, 15) is 9.18 Å². The molecular weight excluding hydrogens is 237 g/mol. The topological polar surface area (TPSA) is 65.4 Å². The Morgan fingerprint density at radius 2 is 2.44 bits per heavy atom. The number of hydrogen-bond acceptors (Lipinski definition) is 3. The van der Waals surface area contributed by atoms with Gasteiger partial charge >= 0.3 is 6.03 Å². The van der Waals surface area contributed by atoms with Crippen LogP contribution in [0, 0.1) is 17.1 Å². The van der Waals surface area contributed by atoms with Crippen molar-refractivity contribution in [2.45, 2.75) is 6.10 Å². The molecule has 1 fully saturated rings. The zero-order valence-corrected chi connectivity index (χ0v) is 9.60. The molecule has 5 nitrogen and oxygen atoms in total. The highest BCUT2D eigenvalue weighted by Gasteiger charge is 2.23. The Morgan fingerprint density at radius 3 is 3.17 bits per heavy atom. The second-order valence-electron chi connectivity index (χ2n) is 3.88. The molecule has 2 rings (SSSR count). The van der Waals surface area contributed by atoms with Gasteiger partial charge in [-0.05, 0) is 18.2 Å². The van der Waals surface area contributed by atoms with Crippen molar-refractivity contribution in [3.05, 3.63) is 30.1 Å². The minimum atomic E-state index is -0.600. The number of halogens is 1. The molecule has 94 valence electrons. The van der Waals surface area contributed by atoms with Crippen LogP contribution in [0.25, 0.3) is 0 Å². The third kappa shape index (κ3) is 2.96. The van der Waals surface area contributed by atoms with Gasteiger partial charge in [-0.1, -0.05) is 6.07 Å². The Morgan fingerprint density at radius 1 is 1.61 bits per heavy atom. The first kappa shape index (κ1) is 12.3. The van der Waals surface area contributed by atoms with Crippen LogP contribution in [0.5, 0.6) is 0 Å². The first-order valence-corrected chi connectivity index (χ1v) is 5.52. The molecule has 0 aliphatic carbocycles. The van der Waals surface area contributed by atoms with E-state index in [1.165, 1.54) is 23.1 Å². The summed E-state index contributed by atoms with van der Waals surface area (Å²) in [7, 11) is 0. The van der Waals surface area contributed by atoms with E-state index in [-0.39, 0.29) is 12.6 Å². The first-order chi connectivity index (χ1) is 8.69. The summed E-state index contributed by atoms with van der Waals surface area (Å²) in [5, 5.41) is 11.3. The number of urea groups is 1. The Hall–Kier alpha value is -2.13. The fourth-order valence-electron chi connectivity index (χ4n) is 1.68. The molecule has 0 spiro atoms. The van der Waals surface area contributed by atoms with Crippen LogP contribution in [0.1, 0.15) is 0 Å². The third-order valence-corrected chi connectivity index (χ3v) is 2.57. The van der Waals surface area contributed by atoms with Crippen LogP contribution in [0.2, 0.25) is 0 Å². The number of ether oxygens (including phenoxy) is 1. The molecule has 1 atom stereocenters. The molecule has 0 radical (unpaired) electrons. The molecule has 0 bridgehead atoms. The number of amides is 2. The monoisotopic (exact) mass is 249 g/mol. The molecule has 1 aliphatic heterocycles. The van der Waals surface area contributed by atoms with Gasteiger partial charge in [0.1, 0.15) is 5.82 Å². The van der Waals surface area contributed by atoms with Gasteiger partial charge in [0.05, 0.1) is 19.2 Å². The fourth-order valence-corrected chi connectivity index (χ4v) is 1.68. The van der Waals surface area contributed by atoms with Crippen molar-refractivity contribution in [2.24, 2.45) is 0 Å². The van der Waals surface area contributed by atoms with E-state index >= 15 is 0 Å². The summed E-state index contributed by atoms with van der Waals surface area (Å²) in [6, 6.07) is 7.26. The molecule has 1 aliphatic rings. The minimum absolute atomic E-state index is 0.220. The Labute approximate surface area is 104 Å². The molecule has 0 saturated carbocycles. The lowest BCUT2D eigenvalue weighted by molar-refractivity contribution is 0.0181. The van der Waals surface area contributed by atoms with Crippen LogP contribution in [0.4, 0.5) is 14.9 Å². The maximum absolute atomic E-state index is 12.9. The second kappa shape index (κ2) is 5.47. The first-order valence-electron chi connectivity index (χ1n) is 5.52. The Bertz CT molecular complexity index is 486. The van der Waals surface area contributed by atoms with E-state index in [4.69, 9.17) is 10.00 Å². The van der Waals surface area contributed by atoms with Gasteiger partial charge in [-0.15, -0.1) is 0 Å². The van der Waals surface area contributed by atoms with Gasteiger partial charge in [-0.3, -0.25) is 0 Å². The predicted octanol–water partition coefficient (Wildman–Crippen LogP) is 1.58. The summed E-state index contributed by atoms with van der Waals surface area (Å²) in [6.45, 7) is 0.964. The minimum Gasteiger partial charge on any atom is -0.360 e. The quantitative estimate of drug-likeness (QED) is 0.821. The normalized spacial score (nSPS) is 19.1. The van der Waals surface area contributed by atoms with Gasteiger partial charge in [-0.2, -0.15) is 5.26 Å². The summed E-state index contributed by atoms with van der Waals surface area (Å²) >= 11 is 0. The van der Waals surface area contributed by atoms with Crippen LogP contribution in [0.15, 0.2) is 24.3 Å². The van der Waals surface area contributed by atoms with Gasteiger partial charge < -0.3 is 15.0 Å². The number of carbonyl (C=O) groups is 1. The van der Waals surface area contributed by atoms with Crippen LogP contribution < -0.4 is 5.32 Å². The highest BCUT2D eigenvalue weighted by Crippen LogP contribution is 2.11. The van der Waals surface area contributed by atoms with E-state index in [0.717, 1.165) is 0 Å². The number of benzene rings is 1. The SMILES string of the molecule is N#CC1CN(C(=O)Nc2cccc(F)c2)CCO1. The lowest BCUT2D eigenvalue weighted by atomic mass is 10.3. The average Bonchev–Trinajstić information content (AvgIpc) is 2.39. The second-order valence-corrected chi connectivity index (χ2v) is 3.88. The number of carbonyl (C=O) groups excluding carboxylic acids is 1. The number of morpholine rings is 1. The highest BCUT2D eigenvalue weighted by molar-refractivity contribution is 5.89. The van der Waals surface area contributed by atoms with Crippen LogP contribution in [0.3, 0.4) is 0 Å². The summed E-state index contributed by atoms with van der Waals surface area (Å²) in [4.78, 5) is 13.3. The predicted molar refractivity (Wildman–Crippen MR) is 62.3 cm³/mol. The standard InChI is InChI=1S/C12H12FN3O2/c13-9-2-1-3-10(6-9)15-12(17)16-4-5-18-11(7-14)8-16/h1-3,6,11H,4-5,8H2,(H,15,17). The third-order valence-electron chi connectivity index (χ3n) is 2.57. The number of rotatable bonds is 1. The van der Waals surface area contributed by atoms with Crippen molar-refractivity contribution in [1.82, 2.24) is 4.90 Å². The molecule has 1 aromatic rings. The Balaban J connectivity index is 1.98. The molecule has 18 heavy (non-hydrogen) atoms. The van der Waals surface area contributed by atoms with E-state index in [1.807, 2.05) is 6.07 Å². The maximum Gasteiger partial charge on any atom is 0.322 e. The number of anilines is 1. The van der Waals surface area contributed by atoms with E-state index in [0.29, 0.717) is 18.8 Å². The smallest absolute Gasteiger partial charge is 0.322 e. The molecule has 1 unspecified atom stereocenters. The average molecular weight is 249 g/mol. The molecule has 1 saturated heterocycles. The molecule has 2 amide bonds. The Kier molecular flexibility index (Phi) is 3.75. The molecule has 6 heteroatoms. The van der Waals surface area contributed by atoms with Crippen molar-refractivity contribution in [1.29, 1.82) is 5.26 Å². The number of nitriles is 1. The fraction of sp³-hybridized carbons (Fsp3) is 0.333. The van der Waals surface area contributed by atoms with Gasteiger partial charge in [0.15, 0.2) is 6.10 Å². The largest absolute Gasteiger partial charge is 0.360 e. The highest BCUT2D eigenvalue weighted by atomic mass is 19.1.